The molecule has 0 spiro atoms. The van der Waals surface area contributed by atoms with Gasteiger partial charge in [0.15, 0.2) is 0 Å². The normalized spacial score (nSPS) is 23.5. The Morgan fingerprint density at radius 1 is 1.25 bits per heavy atom. The second kappa shape index (κ2) is 5.47. The van der Waals surface area contributed by atoms with Gasteiger partial charge in [-0.2, -0.15) is 0 Å². The molecule has 1 N–H and O–H groups in total. The van der Waals surface area contributed by atoms with Crippen LogP contribution in [0, 0.1) is 12.3 Å². The van der Waals surface area contributed by atoms with Gasteiger partial charge < -0.3 is 5.32 Å². The lowest BCUT2D eigenvalue weighted by Gasteiger charge is -2.25. The van der Waals surface area contributed by atoms with Crippen LogP contribution in [0.1, 0.15) is 25.7 Å². The summed E-state index contributed by atoms with van der Waals surface area (Å²) in [6.07, 6.45) is 6.57. The molecule has 0 unspecified atom stereocenters. The van der Waals surface area contributed by atoms with Gasteiger partial charge in [0, 0.05) is 19.6 Å². The molecule has 1 saturated heterocycles. The molecule has 93 valence electrons. The van der Waals surface area contributed by atoms with Crippen molar-refractivity contribution in [1.82, 2.24) is 9.62 Å². The van der Waals surface area contributed by atoms with Crippen LogP contribution < -0.4 is 5.32 Å². The molecule has 0 aromatic rings. The zero-order valence-corrected chi connectivity index (χ0v) is 10.5. The van der Waals surface area contributed by atoms with Gasteiger partial charge >= 0.3 is 0 Å². The molecule has 0 bridgehead atoms. The van der Waals surface area contributed by atoms with Gasteiger partial charge in [0.05, 0.1) is 5.75 Å². The van der Waals surface area contributed by atoms with E-state index >= 15 is 0 Å². The maximum Gasteiger partial charge on any atom is 0.215 e. The second-order valence-electron chi connectivity index (χ2n) is 4.73. The average molecular weight is 245 g/mol. The van der Waals surface area contributed by atoms with E-state index in [0.29, 0.717) is 19.6 Å². The molecule has 0 aromatic heterocycles. The van der Waals surface area contributed by atoms with Gasteiger partial charge in [0.2, 0.25) is 10.0 Å². The van der Waals surface area contributed by atoms with Crippen LogP contribution in [-0.4, -0.2) is 44.7 Å². The first-order valence-corrected chi connectivity index (χ1v) is 7.79. The van der Waals surface area contributed by atoms with E-state index in [2.05, 4.69) is 11.7 Å². The molecule has 5 heteroatoms. The molecule has 1 aliphatic carbocycles. The van der Waals surface area contributed by atoms with Crippen LogP contribution in [0.5, 0.6) is 0 Å². The first kappa shape index (κ1) is 12.3. The molecule has 1 heterocycles. The van der Waals surface area contributed by atoms with Crippen LogP contribution in [0.2, 0.25) is 0 Å². The Kier molecular flexibility index (Phi) is 4.21. The zero-order chi connectivity index (χ0) is 11.4. The maximum absolute atomic E-state index is 11.9. The maximum atomic E-state index is 11.9. The smallest absolute Gasteiger partial charge is 0.215 e. The highest BCUT2D eigenvalue weighted by atomic mass is 32.2. The fourth-order valence-corrected chi connectivity index (χ4v) is 3.39. The van der Waals surface area contributed by atoms with Crippen molar-refractivity contribution in [2.75, 3.05) is 31.9 Å². The highest BCUT2D eigenvalue weighted by Gasteiger charge is 2.24. The van der Waals surface area contributed by atoms with Crippen molar-refractivity contribution in [2.45, 2.75) is 25.7 Å². The molecule has 1 saturated carbocycles. The van der Waals surface area contributed by atoms with E-state index < -0.39 is 10.0 Å². The topological polar surface area (TPSA) is 49.4 Å². The van der Waals surface area contributed by atoms with E-state index in [4.69, 9.17) is 0 Å². The Morgan fingerprint density at radius 2 is 1.94 bits per heavy atom. The minimum Gasteiger partial charge on any atom is -0.315 e. The summed E-state index contributed by atoms with van der Waals surface area (Å²) in [6, 6.07) is 0. The van der Waals surface area contributed by atoms with Gasteiger partial charge in [-0.1, -0.05) is 0 Å². The number of rotatable bonds is 6. The molecule has 1 radical (unpaired) electrons. The van der Waals surface area contributed by atoms with Gasteiger partial charge in [0.25, 0.3) is 0 Å². The van der Waals surface area contributed by atoms with Crippen molar-refractivity contribution >= 4 is 10.0 Å². The van der Waals surface area contributed by atoms with Gasteiger partial charge in [-0.3, -0.25) is 0 Å². The molecule has 0 aromatic carbocycles. The van der Waals surface area contributed by atoms with Crippen LogP contribution in [0.25, 0.3) is 0 Å². The summed E-state index contributed by atoms with van der Waals surface area (Å²) in [6.45, 7) is 2.93. The highest BCUT2D eigenvalue weighted by molar-refractivity contribution is 7.89. The van der Waals surface area contributed by atoms with Crippen LogP contribution in [0.4, 0.5) is 0 Å². The third kappa shape index (κ3) is 3.71. The number of nitrogens with one attached hydrogen (secondary N) is 1. The second-order valence-corrected chi connectivity index (χ2v) is 6.82. The van der Waals surface area contributed by atoms with Crippen molar-refractivity contribution in [3.8, 4) is 0 Å². The quantitative estimate of drug-likeness (QED) is 0.698. The Bertz CT molecular complexity index is 306. The van der Waals surface area contributed by atoms with Crippen LogP contribution in [0.3, 0.4) is 0 Å². The molecule has 0 amide bonds. The first-order valence-electron chi connectivity index (χ1n) is 6.19. The van der Waals surface area contributed by atoms with E-state index in [-0.39, 0.29) is 5.75 Å². The summed E-state index contributed by atoms with van der Waals surface area (Å²) in [5.41, 5.74) is 0. The lowest BCUT2D eigenvalue weighted by molar-refractivity contribution is 0.383. The third-order valence-electron chi connectivity index (χ3n) is 3.23. The number of hydrogen-bond acceptors (Lipinski definition) is 3. The van der Waals surface area contributed by atoms with Crippen LogP contribution in [-0.2, 0) is 10.0 Å². The van der Waals surface area contributed by atoms with E-state index in [1.54, 1.807) is 4.31 Å². The van der Waals surface area contributed by atoms with Crippen molar-refractivity contribution < 1.29 is 8.42 Å². The summed E-state index contributed by atoms with van der Waals surface area (Å²) in [4.78, 5) is 0. The highest BCUT2D eigenvalue weighted by Crippen LogP contribution is 2.27. The van der Waals surface area contributed by atoms with E-state index in [1.807, 2.05) is 0 Å². The lowest BCUT2D eigenvalue weighted by atomic mass is 10.2. The zero-order valence-electron chi connectivity index (χ0n) is 9.69. The first-order chi connectivity index (χ1) is 7.68. The predicted molar refractivity (Wildman–Crippen MR) is 64.5 cm³/mol. The molecule has 16 heavy (non-hydrogen) atoms. The summed E-state index contributed by atoms with van der Waals surface area (Å²) in [5, 5.41) is 3.23. The van der Waals surface area contributed by atoms with E-state index in [0.717, 1.165) is 25.3 Å². The average Bonchev–Trinajstić information content (AvgIpc) is 3.10. The van der Waals surface area contributed by atoms with Gasteiger partial charge in [-0.15, -0.1) is 0 Å². The van der Waals surface area contributed by atoms with E-state index in [9.17, 15) is 8.42 Å². The summed E-state index contributed by atoms with van der Waals surface area (Å²) in [5.74, 6) is 1.06. The minimum absolute atomic E-state index is 0.250. The Hall–Kier alpha value is -0.130. The Morgan fingerprint density at radius 3 is 2.56 bits per heavy atom. The molecule has 2 fully saturated rings. The Labute approximate surface area is 98.4 Å². The summed E-state index contributed by atoms with van der Waals surface area (Å²) < 4.78 is 25.5. The van der Waals surface area contributed by atoms with Crippen molar-refractivity contribution in [3.05, 3.63) is 6.42 Å². The minimum atomic E-state index is -3.01. The van der Waals surface area contributed by atoms with Gasteiger partial charge in [0.1, 0.15) is 0 Å². The molecule has 2 aliphatic rings. The molecular weight excluding hydrogens is 224 g/mol. The number of sulfonamides is 1. The van der Waals surface area contributed by atoms with Crippen molar-refractivity contribution in [1.29, 1.82) is 0 Å². The van der Waals surface area contributed by atoms with Crippen molar-refractivity contribution in [2.24, 2.45) is 5.92 Å². The van der Waals surface area contributed by atoms with Crippen molar-refractivity contribution in [3.63, 3.8) is 0 Å². The van der Waals surface area contributed by atoms with Gasteiger partial charge in [-0.25, -0.2) is 12.7 Å². The molecule has 2 rings (SSSR count). The SMILES string of the molecule is O=S(=O)(CCNCC1CC1)N1CC[CH]CC1. The third-order valence-corrected chi connectivity index (χ3v) is 5.10. The molecule has 4 nitrogen and oxygen atoms in total. The predicted octanol–water partition coefficient (Wildman–Crippen LogP) is 0.616. The monoisotopic (exact) mass is 245 g/mol. The fourth-order valence-electron chi connectivity index (χ4n) is 1.96. The standard InChI is InChI=1S/C11H21N2O2S/c14-16(15,13-7-2-1-3-8-13)9-6-12-10-11-4-5-11/h1,11-12H,2-10H2. The van der Waals surface area contributed by atoms with Gasteiger partial charge in [-0.05, 0) is 44.6 Å². The van der Waals surface area contributed by atoms with E-state index in [1.165, 1.54) is 12.8 Å². The largest absolute Gasteiger partial charge is 0.315 e. The number of hydrogen-bond donors (Lipinski definition) is 1. The number of piperidine rings is 1. The number of nitrogens with zero attached hydrogens (tertiary/aromatic N) is 1. The molecular formula is C11H21N2O2S. The Balaban J connectivity index is 1.68. The summed E-state index contributed by atoms with van der Waals surface area (Å²) >= 11 is 0. The van der Waals surface area contributed by atoms with Crippen LogP contribution in [0.15, 0.2) is 0 Å². The fraction of sp³-hybridized carbons (Fsp3) is 0.909. The lowest BCUT2D eigenvalue weighted by Crippen LogP contribution is -2.39. The molecule has 0 atom stereocenters. The molecule has 1 aliphatic heterocycles. The van der Waals surface area contributed by atoms with Crippen LogP contribution >= 0.6 is 0 Å². The summed E-state index contributed by atoms with van der Waals surface area (Å²) in [7, 11) is -3.01.